The van der Waals surface area contributed by atoms with Crippen LogP contribution in [0.2, 0.25) is 0 Å². The summed E-state index contributed by atoms with van der Waals surface area (Å²) in [6, 6.07) is 1.40. The average Bonchev–Trinajstić information content (AvgIpc) is 2.54. The van der Waals surface area contributed by atoms with Gasteiger partial charge in [0.2, 0.25) is 0 Å². The van der Waals surface area contributed by atoms with Gasteiger partial charge >= 0.3 is 0 Å². The fraction of sp³-hybridized carbons (Fsp3) is 1.00. The highest BCUT2D eigenvalue weighted by Crippen LogP contribution is 2.35. The number of hydrogen-bond donors (Lipinski definition) is 2. The van der Waals surface area contributed by atoms with Crippen LogP contribution in [0.15, 0.2) is 0 Å². The third kappa shape index (κ3) is 1.57. The first-order chi connectivity index (χ1) is 5.20. The Kier molecular flexibility index (Phi) is 1.69. The van der Waals surface area contributed by atoms with Crippen molar-refractivity contribution in [2.45, 2.75) is 50.7 Å². The van der Waals surface area contributed by atoms with Gasteiger partial charge in [0, 0.05) is 17.6 Å². The van der Waals surface area contributed by atoms with Crippen LogP contribution in [0.25, 0.3) is 0 Å². The van der Waals surface area contributed by atoms with Crippen LogP contribution in [0.1, 0.15) is 33.1 Å². The first-order valence-electron chi connectivity index (χ1n) is 4.71. The van der Waals surface area contributed by atoms with E-state index in [4.69, 9.17) is 0 Å². The van der Waals surface area contributed by atoms with Crippen LogP contribution in [0.3, 0.4) is 0 Å². The van der Waals surface area contributed by atoms with Crippen molar-refractivity contribution < 1.29 is 0 Å². The lowest BCUT2D eigenvalue weighted by atomic mass is 10.1. The molecule has 0 aromatic heterocycles. The van der Waals surface area contributed by atoms with Crippen molar-refractivity contribution in [2.75, 3.05) is 6.54 Å². The molecule has 2 nitrogen and oxygen atoms in total. The predicted molar refractivity (Wildman–Crippen MR) is 46.6 cm³/mol. The molecule has 2 rings (SSSR count). The van der Waals surface area contributed by atoms with E-state index < -0.39 is 0 Å². The molecule has 0 radical (unpaired) electrons. The van der Waals surface area contributed by atoms with Crippen molar-refractivity contribution >= 4 is 0 Å². The van der Waals surface area contributed by atoms with Crippen molar-refractivity contribution in [3.8, 4) is 0 Å². The first kappa shape index (κ1) is 7.56. The second-order valence-corrected chi connectivity index (χ2v) is 4.34. The molecule has 0 aromatic carbocycles. The normalized spacial score (nSPS) is 40.9. The van der Waals surface area contributed by atoms with Gasteiger partial charge in [-0.2, -0.15) is 0 Å². The molecular formula is C9H18N2. The molecule has 2 N–H and O–H groups in total. The van der Waals surface area contributed by atoms with Gasteiger partial charge in [-0.15, -0.1) is 0 Å². The van der Waals surface area contributed by atoms with Gasteiger partial charge in [0.05, 0.1) is 0 Å². The minimum atomic E-state index is 0.505. The second-order valence-electron chi connectivity index (χ2n) is 4.34. The van der Waals surface area contributed by atoms with E-state index in [9.17, 15) is 0 Å². The predicted octanol–water partition coefficient (Wildman–Crippen LogP) is 0.879. The van der Waals surface area contributed by atoms with E-state index in [1.807, 2.05) is 0 Å². The Morgan fingerprint density at radius 3 is 2.64 bits per heavy atom. The van der Waals surface area contributed by atoms with E-state index in [1.54, 1.807) is 0 Å². The molecule has 1 saturated heterocycles. The molecule has 0 unspecified atom stereocenters. The monoisotopic (exact) mass is 154 g/mol. The van der Waals surface area contributed by atoms with E-state index in [2.05, 4.69) is 24.5 Å². The number of nitrogens with one attached hydrogen (secondary N) is 2. The Hall–Kier alpha value is -0.0800. The van der Waals surface area contributed by atoms with Gasteiger partial charge in [0.25, 0.3) is 0 Å². The van der Waals surface area contributed by atoms with Crippen LogP contribution in [0.5, 0.6) is 0 Å². The molecule has 64 valence electrons. The highest BCUT2D eigenvalue weighted by Gasteiger charge is 2.40. The van der Waals surface area contributed by atoms with Gasteiger partial charge in [-0.25, -0.2) is 0 Å². The van der Waals surface area contributed by atoms with E-state index >= 15 is 0 Å². The lowest BCUT2D eigenvalue weighted by Gasteiger charge is -2.21. The third-order valence-corrected chi connectivity index (χ3v) is 3.06. The van der Waals surface area contributed by atoms with Crippen molar-refractivity contribution in [3.05, 3.63) is 0 Å². The molecule has 2 aliphatic rings. The molecule has 1 aliphatic heterocycles. The van der Waals surface area contributed by atoms with E-state index in [0.29, 0.717) is 11.6 Å². The quantitative estimate of drug-likeness (QED) is 0.617. The Morgan fingerprint density at radius 2 is 2.18 bits per heavy atom. The van der Waals surface area contributed by atoms with Crippen LogP contribution in [0.4, 0.5) is 0 Å². The molecule has 2 atom stereocenters. The van der Waals surface area contributed by atoms with Gasteiger partial charge in [0.1, 0.15) is 0 Å². The maximum Gasteiger partial charge on any atom is 0.0235 e. The van der Waals surface area contributed by atoms with Crippen LogP contribution < -0.4 is 10.6 Å². The van der Waals surface area contributed by atoms with Gasteiger partial charge < -0.3 is 10.6 Å². The van der Waals surface area contributed by atoms with Gasteiger partial charge in [-0.1, -0.05) is 0 Å². The van der Waals surface area contributed by atoms with Crippen molar-refractivity contribution in [1.29, 1.82) is 0 Å². The van der Waals surface area contributed by atoms with Gasteiger partial charge in [-0.05, 0) is 39.7 Å². The summed E-state index contributed by atoms with van der Waals surface area (Å²) in [5.41, 5.74) is 0.505. The van der Waals surface area contributed by atoms with E-state index in [0.717, 1.165) is 6.04 Å². The molecular weight excluding hydrogens is 136 g/mol. The largest absolute Gasteiger partial charge is 0.313 e. The maximum atomic E-state index is 3.72. The summed E-state index contributed by atoms with van der Waals surface area (Å²) in [6.07, 6.45) is 4.04. The average molecular weight is 154 g/mol. The van der Waals surface area contributed by atoms with Gasteiger partial charge in [-0.3, -0.25) is 0 Å². The minimum Gasteiger partial charge on any atom is -0.313 e. The fourth-order valence-electron chi connectivity index (χ4n) is 1.84. The van der Waals surface area contributed by atoms with Crippen molar-refractivity contribution in [2.24, 2.45) is 0 Å². The summed E-state index contributed by atoms with van der Waals surface area (Å²) >= 11 is 0. The Morgan fingerprint density at radius 1 is 1.45 bits per heavy atom. The zero-order chi connectivity index (χ0) is 7.90. The zero-order valence-corrected chi connectivity index (χ0v) is 7.48. The first-order valence-corrected chi connectivity index (χ1v) is 4.71. The number of hydrogen-bond acceptors (Lipinski definition) is 2. The lowest BCUT2D eigenvalue weighted by molar-refractivity contribution is 0.407. The lowest BCUT2D eigenvalue weighted by Crippen LogP contribution is -2.44. The van der Waals surface area contributed by atoms with Gasteiger partial charge in [0.15, 0.2) is 0 Å². The SMILES string of the molecule is C[C@@H]1NCC[C@@H]1NC1(C)CC1. The van der Waals surface area contributed by atoms with Crippen LogP contribution in [-0.2, 0) is 0 Å². The molecule has 2 fully saturated rings. The molecule has 11 heavy (non-hydrogen) atoms. The minimum absolute atomic E-state index is 0.505. The molecule has 0 spiro atoms. The van der Waals surface area contributed by atoms with Crippen LogP contribution in [0, 0.1) is 0 Å². The molecule has 1 saturated carbocycles. The van der Waals surface area contributed by atoms with Crippen molar-refractivity contribution in [3.63, 3.8) is 0 Å². The Bertz CT molecular complexity index is 152. The molecule has 1 aliphatic carbocycles. The fourth-order valence-corrected chi connectivity index (χ4v) is 1.84. The highest BCUT2D eigenvalue weighted by molar-refractivity contribution is 5.02. The molecule has 1 heterocycles. The smallest absolute Gasteiger partial charge is 0.0235 e. The summed E-state index contributed by atoms with van der Waals surface area (Å²) in [7, 11) is 0. The Balaban J connectivity index is 1.85. The summed E-state index contributed by atoms with van der Waals surface area (Å²) in [4.78, 5) is 0. The highest BCUT2D eigenvalue weighted by atomic mass is 15.1. The molecule has 2 heteroatoms. The molecule has 0 amide bonds. The molecule has 0 aromatic rings. The summed E-state index contributed by atoms with van der Waals surface area (Å²) in [5.74, 6) is 0. The zero-order valence-electron chi connectivity index (χ0n) is 7.48. The Labute approximate surface area is 68.7 Å². The van der Waals surface area contributed by atoms with Crippen LogP contribution in [-0.4, -0.2) is 24.2 Å². The maximum absolute atomic E-state index is 3.72. The summed E-state index contributed by atoms with van der Waals surface area (Å²) < 4.78 is 0. The number of rotatable bonds is 2. The van der Waals surface area contributed by atoms with E-state index in [-0.39, 0.29) is 0 Å². The van der Waals surface area contributed by atoms with Crippen molar-refractivity contribution in [1.82, 2.24) is 10.6 Å². The van der Waals surface area contributed by atoms with Crippen LogP contribution >= 0.6 is 0 Å². The van der Waals surface area contributed by atoms with E-state index in [1.165, 1.54) is 25.8 Å². The summed E-state index contributed by atoms with van der Waals surface area (Å²) in [5, 5.41) is 7.17. The summed E-state index contributed by atoms with van der Waals surface area (Å²) in [6.45, 7) is 5.80. The standard InChI is InChI=1S/C9H18N2/c1-7-8(3-6-10-7)11-9(2)4-5-9/h7-8,10-11H,3-6H2,1-2H3/t7-,8-/m0/s1. The topological polar surface area (TPSA) is 24.1 Å². The third-order valence-electron chi connectivity index (χ3n) is 3.06. The second kappa shape index (κ2) is 2.46. The molecule has 0 bridgehead atoms.